The molecule has 4 heteroatoms. The summed E-state index contributed by atoms with van der Waals surface area (Å²) in [5.74, 6) is 1.44. The first-order chi connectivity index (χ1) is 11.2. The molecule has 1 atom stereocenters. The van der Waals surface area contributed by atoms with E-state index >= 15 is 0 Å². The van der Waals surface area contributed by atoms with Crippen molar-refractivity contribution >= 4 is 16.5 Å². The van der Waals surface area contributed by atoms with Crippen LogP contribution in [0.4, 0.5) is 0 Å². The van der Waals surface area contributed by atoms with Crippen LogP contribution >= 0.6 is 0 Å². The molecule has 23 heavy (non-hydrogen) atoms. The smallest absolute Gasteiger partial charge is 0.144 e. The fourth-order valence-electron chi connectivity index (χ4n) is 2.97. The molecule has 0 radical (unpaired) electrons. The lowest BCUT2D eigenvalue weighted by molar-refractivity contribution is 0.224. The first-order valence-electron chi connectivity index (χ1n) is 7.39. The van der Waals surface area contributed by atoms with E-state index in [1.165, 1.54) is 0 Å². The highest BCUT2D eigenvalue weighted by Gasteiger charge is 2.27. The van der Waals surface area contributed by atoms with E-state index < -0.39 is 6.10 Å². The van der Waals surface area contributed by atoms with Crippen molar-refractivity contribution in [3.63, 3.8) is 0 Å². The molecule has 4 nitrogen and oxygen atoms in total. The van der Waals surface area contributed by atoms with Gasteiger partial charge in [-0.15, -0.1) is 0 Å². The summed E-state index contributed by atoms with van der Waals surface area (Å²) < 4.78 is 16.5. The maximum Gasteiger partial charge on any atom is 0.144 e. The van der Waals surface area contributed by atoms with Crippen molar-refractivity contribution in [2.45, 2.75) is 13.0 Å². The Hall–Kier alpha value is -2.72. The quantitative estimate of drug-likeness (QED) is 0.770. The second-order valence-corrected chi connectivity index (χ2v) is 5.60. The van der Waals surface area contributed by atoms with E-state index in [1.807, 2.05) is 43.3 Å². The second kappa shape index (κ2) is 5.18. The lowest BCUT2D eigenvalue weighted by Gasteiger charge is -2.23. The largest absolute Gasteiger partial charge is 0.497 e. The number of fused-ring (bicyclic) bond motifs is 3. The summed E-state index contributed by atoms with van der Waals surface area (Å²) >= 11 is 0. The first-order valence-corrected chi connectivity index (χ1v) is 7.39. The van der Waals surface area contributed by atoms with E-state index in [9.17, 15) is 5.11 Å². The van der Waals surface area contributed by atoms with Crippen molar-refractivity contribution in [3.8, 4) is 11.5 Å². The molecule has 0 saturated carbocycles. The molecule has 2 aromatic carbocycles. The van der Waals surface area contributed by atoms with E-state index in [1.54, 1.807) is 19.6 Å². The summed E-state index contributed by atoms with van der Waals surface area (Å²) in [7, 11) is 1.63. The minimum absolute atomic E-state index is 0.665. The third-order valence-corrected chi connectivity index (χ3v) is 4.22. The van der Waals surface area contributed by atoms with E-state index in [4.69, 9.17) is 13.9 Å². The SMILES string of the molecule is COc1ccc(C2=COc3c(ccc4occ(C)c34)C2O)cc1. The molecule has 0 bridgehead atoms. The summed E-state index contributed by atoms with van der Waals surface area (Å²) in [6.45, 7) is 1.96. The van der Waals surface area contributed by atoms with Crippen molar-refractivity contribution in [3.05, 3.63) is 65.6 Å². The topological polar surface area (TPSA) is 51.8 Å². The van der Waals surface area contributed by atoms with Crippen molar-refractivity contribution in [1.29, 1.82) is 0 Å². The summed E-state index contributed by atoms with van der Waals surface area (Å²) in [5.41, 5.74) is 4.11. The van der Waals surface area contributed by atoms with Crippen molar-refractivity contribution in [2.24, 2.45) is 0 Å². The zero-order chi connectivity index (χ0) is 16.0. The molecule has 0 amide bonds. The Bertz CT molecular complexity index is 903. The van der Waals surface area contributed by atoms with Gasteiger partial charge in [0.05, 0.1) is 25.0 Å². The first kappa shape index (κ1) is 13.9. The van der Waals surface area contributed by atoms with Gasteiger partial charge in [0.2, 0.25) is 0 Å². The van der Waals surface area contributed by atoms with Crippen LogP contribution in [0.3, 0.4) is 0 Å². The van der Waals surface area contributed by atoms with E-state index in [-0.39, 0.29) is 0 Å². The molecule has 3 aromatic rings. The van der Waals surface area contributed by atoms with Gasteiger partial charge in [0.15, 0.2) is 0 Å². The Balaban J connectivity index is 1.79. The lowest BCUT2D eigenvalue weighted by Crippen LogP contribution is -2.09. The highest BCUT2D eigenvalue weighted by molar-refractivity contribution is 5.91. The molecule has 2 heterocycles. The van der Waals surface area contributed by atoms with Crippen LogP contribution in [0.5, 0.6) is 11.5 Å². The molecular weight excluding hydrogens is 292 g/mol. The molecule has 1 aliphatic heterocycles. The van der Waals surface area contributed by atoms with E-state index in [0.717, 1.165) is 39.0 Å². The van der Waals surface area contributed by atoms with Crippen LogP contribution in [-0.2, 0) is 0 Å². The van der Waals surface area contributed by atoms with Crippen molar-refractivity contribution in [1.82, 2.24) is 0 Å². The number of hydrogen-bond acceptors (Lipinski definition) is 4. The van der Waals surface area contributed by atoms with E-state index in [2.05, 4.69) is 0 Å². The third-order valence-electron chi connectivity index (χ3n) is 4.22. The fourth-order valence-corrected chi connectivity index (χ4v) is 2.97. The maximum absolute atomic E-state index is 10.8. The zero-order valence-corrected chi connectivity index (χ0v) is 12.9. The molecule has 1 aliphatic rings. The fraction of sp³-hybridized carbons (Fsp3) is 0.158. The molecule has 116 valence electrons. The number of rotatable bonds is 2. The van der Waals surface area contributed by atoms with Gasteiger partial charge in [-0.25, -0.2) is 0 Å². The zero-order valence-electron chi connectivity index (χ0n) is 12.9. The molecule has 0 saturated heterocycles. The van der Waals surface area contributed by atoms with Crippen LogP contribution in [0.15, 0.2) is 53.3 Å². The van der Waals surface area contributed by atoms with Gasteiger partial charge in [-0.2, -0.15) is 0 Å². The van der Waals surface area contributed by atoms with Gasteiger partial charge in [0, 0.05) is 11.1 Å². The average Bonchev–Trinajstić information content (AvgIpc) is 2.97. The standard InChI is InChI=1S/C19H16O4/c1-11-9-22-16-8-7-14-18(20)15(10-23-19(14)17(11)16)12-3-5-13(21-2)6-4-12/h3-10,18,20H,1-2H3. The number of benzene rings is 2. The summed E-state index contributed by atoms with van der Waals surface area (Å²) in [6.07, 6.45) is 2.57. The third kappa shape index (κ3) is 2.11. The monoisotopic (exact) mass is 308 g/mol. The normalized spacial score (nSPS) is 16.7. The molecule has 0 spiro atoms. The van der Waals surface area contributed by atoms with Crippen LogP contribution in [0.1, 0.15) is 22.8 Å². The van der Waals surface area contributed by atoms with Crippen molar-refractivity contribution in [2.75, 3.05) is 7.11 Å². The molecule has 0 fully saturated rings. The van der Waals surface area contributed by atoms with Gasteiger partial charge in [-0.05, 0) is 42.3 Å². The number of aliphatic hydroxyl groups is 1. The molecule has 0 aliphatic carbocycles. The highest BCUT2D eigenvalue weighted by atomic mass is 16.5. The Kier molecular flexibility index (Phi) is 3.13. The van der Waals surface area contributed by atoms with Crippen LogP contribution in [-0.4, -0.2) is 12.2 Å². The number of furan rings is 1. The van der Waals surface area contributed by atoms with Crippen LogP contribution in [0.2, 0.25) is 0 Å². The Morgan fingerprint density at radius 2 is 1.87 bits per heavy atom. The number of aliphatic hydroxyl groups excluding tert-OH is 1. The van der Waals surface area contributed by atoms with Gasteiger partial charge >= 0.3 is 0 Å². The summed E-state index contributed by atoms with van der Waals surface area (Å²) in [5, 5.41) is 11.7. The van der Waals surface area contributed by atoms with Crippen LogP contribution in [0.25, 0.3) is 16.5 Å². The molecule has 1 unspecified atom stereocenters. The van der Waals surface area contributed by atoms with Gasteiger partial charge in [-0.1, -0.05) is 12.1 Å². The Morgan fingerprint density at radius 1 is 1.09 bits per heavy atom. The van der Waals surface area contributed by atoms with Gasteiger partial charge in [0.1, 0.15) is 23.2 Å². The Morgan fingerprint density at radius 3 is 2.61 bits per heavy atom. The second-order valence-electron chi connectivity index (χ2n) is 5.60. The molecular formula is C19H16O4. The predicted octanol–water partition coefficient (Wildman–Crippen LogP) is 4.22. The predicted molar refractivity (Wildman–Crippen MR) is 87.5 cm³/mol. The molecule has 1 N–H and O–H groups in total. The molecule has 4 rings (SSSR count). The summed E-state index contributed by atoms with van der Waals surface area (Å²) in [6, 6.07) is 11.3. The van der Waals surface area contributed by atoms with Gasteiger partial charge in [-0.3, -0.25) is 0 Å². The maximum atomic E-state index is 10.8. The van der Waals surface area contributed by atoms with Gasteiger partial charge in [0.25, 0.3) is 0 Å². The van der Waals surface area contributed by atoms with E-state index in [0.29, 0.717) is 5.75 Å². The number of aryl methyl sites for hydroxylation is 1. The number of hydrogen-bond donors (Lipinski definition) is 1. The Labute approximate surface area is 133 Å². The minimum atomic E-state index is -0.745. The van der Waals surface area contributed by atoms with Gasteiger partial charge < -0.3 is 19.0 Å². The van der Waals surface area contributed by atoms with Crippen molar-refractivity contribution < 1.29 is 19.0 Å². The minimum Gasteiger partial charge on any atom is -0.497 e. The lowest BCUT2D eigenvalue weighted by atomic mass is 9.92. The van der Waals surface area contributed by atoms with Crippen LogP contribution in [0, 0.1) is 6.92 Å². The summed E-state index contributed by atoms with van der Waals surface area (Å²) in [4.78, 5) is 0. The highest BCUT2D eigenvalue weighted by Crippen LogP contribution is 2.44. The average molecular weight is 308 g/mol. The van der Waals surface area contributed by atoms with Crippen LogP contribution < -0.4 is 9.47 Å². The molecule has 1 aromatic heterocycles. The number of ether oxygens (including phenoxy) is 2. The number of methoxy groups -OCH3 is 1.